The monoisotopic (exact) mass is 297 g/mol. The lowest BCUT2D eigenvalue weighted by Crippen LogP contribution is -2.31. The SMILES string of the molecule is CC(O)CNS(=O)(=O)Cc1c(Cl)cccc1Cl. The van der Waals surface area contributed by atoms with E-state index in [2.05, 4.69) is 4.72 Å². The average molecular weight is 298 g/mol. The van der Waals surface area contributed by atoms with E-state index in [-0.39, 0.29) is 12.3 Å². The second kappa shape index (κ2) is 6.02. The van der Waals surface area contributed by atoms with Gasteiger partial charge >= 0.3 is 0 Å². The molecule has 2 N–H and O–H groups in total. The van der Waals surface area contributed by atoms with Crippen LogP contribution in [0.3, 0.4) is 0 Å². The number of benzene rings is 1. The van der Waals surface area contributed by atoms with Crippen LogP contribution < -0.4 is 4.72 Å². The number of sulfonamides is 1. The van der Waals surface area contributed by atoms with Gasteiger partial charge in [-0.1, -0.05) is 29.3 Å². The number of hydrogen-bond acceptors (Lipinski definition) is 3. The van der Waals surface area contributed by atoms with E-state index in [1.165, 1.54) is 6.92 Å². The van der Waals surface area contributed by atoms with Gasteiger partial charge in [-0.15, -0.1) is 0 Å². The highest BCUT2D eigenvalue weighted by Crippen LogP contribution is 2.25. The van der Waals surface area contributed by atoms with Crippen LogP contribution in [0.15, 0.2) is 18.2 Å². The molecule has 0 aliphatic rings. The van der Waals surface area contributed by atoms with Crippen molar-refractivity contribution >= 4 is 33.2 Å². The van der Waals surface area contributed by atoms with Crippen LogP contribution in [0.2, 0.25) is 10.0 Å². The molecule has 0 radical (unpaired) electrons. The van der Waals surface area contributed by atoms with Crippen molar-refractivity contribution in [3.8, 4) is 0 Å². The van der Waals surface area contributed by atoms with Gasteiger partial charge in [0.2, 0.25) is 10.0 Å². The summed E-state index contributed by atoms with van der Waals surface area (Å²) in [6, 6.07) is 4.80. The third-order valence-corrected chi connectivity index (χ3v) is 3.98. The lowest BCUT2D eigenvalue weighted by Gasteiger charge is -2.10. The number of aliphatic hydroxyl groups is 1. The summed E-state index contributed by atoms with van der Waals surface area (Å²) >= 11 is 11.7. The van der Waals surface area contributed by atoms with Gasteiger partial charge in [-0.3, -0.25) is 0 Å². The predicted molar refractivity (Wildman–Crippen MR) is 68.8 cm³/mol. The first-order valence-corrected chi connectivity index (χ1v) is 7.31. The molecule has 7 heteroatoms. The lowest BCUT2D eigenvalue weighted by atomic mass is 10.2. The normalized spacial score (nSPS) is 13.6. The van der Waals surface area contributed by atoms with Gasteiger partial charge in [-0.25, -0.2) is 13.1 Å². The minimum absolute atomic E-state index is 0.0373. The molecule has 0 spiro atoms. The Morgan fingerprint density at radius 1 is 1.35 bits per heavy atom. The van der Waals surface area contributed by atoms with Crippen molar-refractivity contribution in [3.05, 3.63) is 33.8 Å². The van der Waals surface area contributed by atoms with Crippen LogP contribution in [-0.2, 0) is 15.8 Å². The Balaban J connectivity index is 2.83. The lowest BCUT2D eigenvalue weighted by molar-refractivity contribution is 0.198. The molecule has 17 heavy (non-hydrogen) atoms. The molecule has 0 aromatic heterocycles. The minimum atomic E-state index is -3.55. The third kappa shape index (κ3) is 4.81. The molecule has 0 fully saturated rings. The molecule has 1 atom stereocenters. The van der Waals surface area contributed by atoms with Crippen molar-refractivity contribution in [1.29, 1.82) is 0 Å². The maximum atomic E-state index is 11.7. The summed E-state index contributed by atoms with van der Waals surface area (Å²) in [6.45, 7) is 1.45. The maximum absolute atomic E-state index is 11.7. The molecule has 0 aliphatic heterocycles. The Labute approximate surface area is 111 Å². The Kier molecular flexibility index (Phi) is 5.22. The summed E-state index contributed by atoms with van der Waals surface area (Å²) in [4.78, 5) is 0. The molecule has 1 aromatic rings. The Bertz CT molecular complexity index is 468. The molecule has 0 heterocycles. The summed E-state index contributed by atoms with van der Waals surface area (Å²) in [5, 5.41) is 9.62. The zero-order valence-corrected chi connectivity index (χ0v) is 11.5. The van der Waals surface area contributed by atoms with Crippen molar-refractivity contribution in [3.63, 3.8) is 0 Å². The second-order valence-corrected chi connectivity index (χ2v) is 6.28. The van der Waals surface area contributed by atoms with E-state index < -0.39 is 16.1 Å². The van der Waals surface area contributed by atoms with E-state index in [1.807, 2.05) is 0 Å². The van der Waals surface area contributed by atoms with Crippen molar-refractivity contribution in [2.45, 2.75) is 18.8 Å². The van der Waals surface area contributed by atoms with Gasteiger partial charge in [-0.05, 0) is 19.1 Å². The summed E-state index contributed by atoms with van der Waals surface area (Å²) in [5.41, 5.74) is 0.355. The first-order valence-electron chi connectivity index (χ1n) is 4.90. The Morgan fingerprint density at radius 2 is 1.88 bits per heavy atom. The molecule has 0 bridgehead atoms. The van der Waals surface area contributed by atoms with Gasteiger partial charge in [0, 0.05) is 22.2 Å². The van der Waals surface area contributed by atoms with E-state index in [4.69, 9.17) is 28.3 Å². The number of halogens is 2. The zero-order chi connectivity index (χ0) is 13.1. The van der Waals surface area contributed by atoms with Gasteiger partial charge in [0.1, 0.15) is 0 Å². The quantitative estimate of drug-likeness (QED) is 0.871. The topological polar surface area (TPSA) is 66.4 Å². The molecule has 0 saturated carbocycles. The van der Waals surface area contributed by atoms with Crippen LogP contribution in [0.1, 0.15) is 12.5 Å². The van der Waals surface area contributed by atoms with E-state index in [1.54, 1.807) is 18.2 Å². The molecule has 96 valence electrons. The summed E-state index contributed by atoms with van der Waals surface area (Å²) < 4.78 is 25.6. The van der Waals surface area contributed by atoms with E-state index >= 15 is 0 Å². The van der Waals surface area contributed by atoms with Crippen molar-refractivity contribution in [2.24, 2.45) is 0 Å². The van der Waals surface area contributed by atoms with Gasteiger partial charge in [0.15, 0.2) is 0 Å². The maximum Gasteiger partial charge on any atom is 0.215 e. The summed E-state index contributed by atoms with van der Waals surface area (Å²) in [6.07, 6.45) is -0.744. The van der Waals surface area contributed by atoms with Crippen LogP contribution in [-0.4, -0.2) is 26.2 Å². The van der Waals surface area contributed by atoms with E-state index in [9.17, 15) is 8.42 Å². The molecule has 1 rings (SSSR count). The first kappa shape index (κ1) is 14.7. The summed E-state index contributed by atoms with van der Waals surface area (Å²) in [7, 11) is -3.55. The Hall–Kier alpha value is -0.330. The number of hydrogen-bond donors (Lipinski definition) is 2. The van der Waals surface area contributed by atoms with Crippen LogP contribution in [0, 0.1) is 0 Å². The standard InChI is InChI=1S/C10H13Cl2NO3S/c1-7(14)5-13-17(15,16)6-8-9(11)3-2-4-10(8)12/h2-4,7,13-14H,5-6H2,1H3. The van der Waals surface area contributed by atoms with Crippen molar-refractivity contribution in [2.75, 3.05) is 6.54 Å². The molecule has 0 amide bonds. The van der Waals surface area contributed by atoms with Crippen LogP contribution >= 0.6 is 23.2 Å². The fourth-order valence-electron chi connectivity index (χ4n) is 1.16. The van der Waals surface area contributed by atoms with Crippen LogP contribution in [0.4, 0.5) is 0 Å². The second-order valence-electron chi connectivity index (χ2n) is 3.66. The molecule has 1 aromatic carbocycles. The highest BCUT2D eigenvalue weighted by atomic mass is 35.5. The van der Waals surface area contributed by atoms with Gasteiger partial charge in [0.05, 0.1) is 11.9 Å². The molecule has 0 aliphatic carbocycles. The molecular weight excluding hydrogens is 285 g/mol. The smallest absolute Gasteiger partial charge is 0.215 e. The van der Waals surface area contributed by atoms with Gasteiger partial charge in [0.25, 0.3) is 0 Å². The van der Waals surface area contributed by atoms with Crippen LogP contribution in [0.25, 0.3) is 0 Å². The Morgan fingerprint density at radius 3 is 2.35 bits per heavy atom. The van der Waals surface area contributed by atoms with Crippen molar-refractivity contribution in [1.82, 2.24) is 4.72 Å². The van der Waals surface area contributed by atoms with E-state index in [0.717, 1.165) is 0 Å². The number of aliphatic hydroxyl groups excluding tert-OH is 1. The fourth-order valence-corrected chi connectivity index (χ4v) is 3.14. The number of rotatable bonds is 5. The zero-order valence-electron chi connectivity index (χ0n) is 9.15. The first-order chi connectivity index (χ1) is 7.82. The highest BCUT2D eigenvalue weighted by molar-refractivity contribution is 7.88. The van der Waals surface area contributed by atoms with E-state index in [0.29, 0.717) is 15.6 Å². The van der Waals surface area contributed by atoms with Gasteiger partial charge < -0.3 is 5.11 Å². The average Bonchev–Trinajstić information content (AvgIpc) is 2.21. The predicted octanol–water partition coefficient (Wildman–Crippen LogP) is 1.79. The molecule has 4 nitrogen and oxygen atoms in total. The summed E-state index contributed by atoms with van der Waals surface area (Å²) in [5.74, 6) is -0.307. The molecular formula is C10H13Cl2NO3S. The minimum Gasteiger partial charge on any atom is -0.392 e. The van der Waals surface area contributed by atoms with Crippen molar-refractivity contribution < 1.29 is 13.5 Å². The fraction of sp³-hybridized carbons (Fsp3) is 0.400. The molecule has 0 saturated heterocycles. The highest BCUT2D eigenvalue weighted by Gasteiger charge is 2.16. The van der Waals surface area contributed by atoms with Gasteiger partial charge in [-0.2, -0.15) is 0 Å². The largest absolute Gasteiger partial charge is 0.392 e. The number of nitrogens with one attached hydrogen (secondary N) is 1. The third-order valence-electron chi connectivity index (χ3n) is 1.99. The molecule has 1 unspecified atom stereocenters. The van der Waals surface area contributed by atoms with Crippen LogP contribution in [0.5, 0.6) is 0 Å².